The van der Waals surface area contributed by atoms with Gasteiger partial charge in [0.1, 0.15) is 5.76 Å². The summed E-state index contributed by atoms with van der Waals surface area (Å²) < 4.78 is 10.8. The molecule has 1 N–H and O–H groups in total. The van der Waals surface area contributed by atoms with Crippen molar-refractivity contribution in [2.75, 3.05) is 6.61 Å². The third kappa shape index (κ3) is 2.44. The van der Waals surface area contributed by atoms with Crippen molar-refractivity contribution in [2.24, 2.45) is 0 Å². The predicted molar refractivity (Wildman–Crippen MR) is 59.3 cm³/mol. The highest BCUT2D eigenvalue weighted by Gasteiger charge is 2.24. The first-order chi connectivity index (χ1) is 7.66. The summed E-state index contributed by atoms with van der Waals surface area (Å²) in [7, 11) is 0. The molecule has 16 heavy (non-hydrogen) atoms. The van der Waals surface area contributed by atoms with Crippen molar-refractivity contribution in [3.8, 4) is 0 Å². The van der Waals surface area contributed by atoms with Crippen LogP contribution in [0.3, 0.4) is 0 Å². The fraction of sp³-hybridized carbons (Fsp3) is 0.583. The van der Waals surface area contributed by atoms with Crippen molar-refractivity contribution >= 4 is 5.91 Å². The minimum Gasteiger partial charge on any atom is -0.456 e. The minimum absolute atomic E-state index is 0.0282. The van der Waals surface area contributed by atoms with Gasteiger partial charge in [-0.2, -0.15) is 0 Å². The molecular weight excluding hydrogens is 206 g/mol. The summed E-state index contributed by atoms with van der Waals surface area (Å²) >= 11 is 0. The third-order valence-corrected chi connectivity index (χ3v) is 2.85. The lowest BCUT2D eigenvalue weighted by molar-refractivity contribution is 0.0696. The Bertz CT molecular complexity index is 366. The molecular formula is C12H17NO3. The number of hydrogen-bond acceptors (Lipinski definition) is 3. The summed E-state index contributed by atoms with van der Waals surface area (Å²) in [6.07, 6.45) is 2.23. The predicted octanol–water partition coefficient (Wildman–Crippen LogP) is 1.89. The summed E-state index contributed by atoms with van der Waals surface area (Å²) in [5.74, 6) is 0.938. The molecule has 2 heterocycles. The van der Waals surface area contributed by atoms with E-state index in [4.69, 9.17) is 9.15 Å². The zero-order valence-corrected chi connectivity index (χ0v) is 9.66. The number of nitrogens with one attached hydrogen (secondary N) is 1. The second-order valence-electron chi connectivity index (χ2n) is 4.22. The molecule has 4 heteroatoms. The van der Waals surface area contributed by atoms with Crippen molar-refractivity contribution in [1.29, 1.82) is 0 Å². The molecule has 0 saturated carbocycles. The van der Waals surface area contributed by atoms with E-state index in [-0.39, 0.29) is 18.1 Å². The van der Waals surface area contributed by atoms with Gasteiger partial charge in [0.05, 0.1) is 12.1 Å². The SMILES string of the molecule is Cc1ccc(C(=O)N[C@@H](C)[C@@H]2CCCO2)o1. The first-order valence-electron chi connectivity index (χ1n) is 5.66. The third-order valence-electron chi connectivity index (χ3n) is 2.85. The van der Waals surface area contributed by atoms with Crippen LogP contribution in [-0.4, -0.2) is 24.7 Å². The summed E-state index contributed by atoms with van der Waals surface area (Å²) in [5, 5.41) is 2.89. The van der Waals surface area contributed by atoms with E-state index in [1.807, 2.05) is 13.8 Å². The van der Waals surface area contributed by atoms with Crippen LogP contribution in [0.25, 0.3) is 0 Å². The molecule has 88 valence electrons. The van der Waals surface area contributed by atoms with Gasteiger partial charge in [-0.15, -0.1) is 0 Å². The summed E-state index contributed by atoms with van der Waals surface area (Å²) in [6.45, 7) is 4.58. The summed E-state index contributed by atoms with van der Waals surface area (Å²) in [4.78, 5) is 11.8. The van der Waals surface area contributed by atoms with E-state index in [2.05, 4.69) is 5.32 Å². The molecule has 0 unspecified atom stereocenters. The zero-order valence-electron chi connectivity index (χ0n) is 9.66. The van der Waals surface area contributed by atoms with Crippen LogP contribution in [0.5, 0.6) is 0 Å². The summed E-state index contributed by atoms with van der Waals surface area (Å²) in [6, 6.07) is 3.50. The quantitative estimate of drug-likeness (QED) is 0.851. The number of rotatable bonds is 3. The topological polar surface area (TPSA) is 51.5 Å². The van der Waals surface area contributed by atoms with E-state index in [9.17, 15) is 4.79 Å². The highest BCUT2D eigenvalue weighted by Crippen LogP contribution is 2.16. The molecule has 0 radical (unpaired) electrons. The van der Waals surface area contributed by atoms with Crippen LogP contribution in [0.15, 0.2) is 16.5 Å². The number of amides is 1. The molecule has 1 amide bonds. The molecule has 1 saturated heterocycles. The maximum Gasteiger partial charge on any atom is 0.287 e. The van der Waals surface area contributed by atoms with Gasteiger partial charge in [0, 0.05) is 6.61 Å². The van der Waals surface area contributed by atoms with E-state index < -0.39 is 0 Å². The van der Waals surface area contributed by atoms with Gasteiger partial charge in [0.25, 0.3) is 5.91 Å². The van der Waals surface area contributed by atoms with Gasteiger partial charge in [-0.3, -0.25) is 4.79 Å². The fourth-order valence-corrected chi connectivity index (χ4v) is 1.92. The maximum absolute atomic E-state index is 11.8. The number of hydrogen-bond donors (Lipinski definition) is 1. The molecule has 1 aliphatic rings. The molecule has 1 aromatic rings. The van der Waals surface area contributed by atoms with Crippen molar-refractivity contribution in [1.82, 2.24) is 5.32 Å². The van der Waals surface area contributed by atoms with Crippen molar-refractivity contribution in [3.05, 3.63) is 23.7 Å². The van der Waals surface area contributed by atoms with Gasteiger partial charge >= 0.3 is 0 Å². The number of carbonyl (C=O) groups is 1. The van der Waals surface area contributed by atoms with E-state index in [0.717, 1.165) is 25.2 Å². The molecule has 4 nitrogen and oxygen atoms in total. The lowest BCUT2D eigenvalue weighted by atomic mass is 10.1. The lowest BCUT2D eigenvalue weighted by Crippen LogP contribution is -2.40. The number of carbonyl (C=O) groups excluding carboxylic acids is 1. The minimum atomic E-state index is -0.170. The van der Waals surface area contributed by atoms with Crippen molar-refractivity contribution in [2.45, 2.75) is 38.8 Å². The molecule has 1 fully saturated rings. The van der Waals surface area contributed by atoms with Gasteiger partial charge in [0.2, 0.25) is 0 Å². The van der Waals surface area contributed by atoms with Gasteiger partial charge in [0.15, 0.2) is 5.76 Å². The average molecular weight is 223 g/mol. The van der Waals surface area contributed by atoms with E-state index in [1.165, 1.54) is 0 Å². The van der Waals surface area contributed by atoms with Crippen molar-refractivity contribution in [3.63, 3.8) is 0 Å². The first kappa shape index (κ1) is 11.2. The Labute approximate surface area is 95.0 Å². The first-order valence-corrected chi connectivity index (χ1v) is 5.66. The Kier molecular flexibility index (Phi) is 3.29. The van der Waals surface area contributed by atoms with Gasteiger partial charge in [-0.05, 0) is 38.8 Å². The molecule has 1 aromatic heterocycles. The number of furan rings is 1. The second-order valence-corrected chi connectivity index (χ2v) is 4.22. The Balaban J connectivity index is 1.91. The van der Waals surface area contributed by atoms with E-state index >= 15 is 0 Å². The molecule has 2 atom stereocenters. The van der Waals surface area contributed by atoms with Gasteiger partial charge in [-0.25, -0.2) is 0 Å². The second kappa shape index (κ2) is 4.70. The van der Waals surface area contributed by atoms with Crippen LogP contribution in [0.1, 0.15) is 36.1 Å². The van der Waals surface area contributed by atoms with Crippen LogP contribution in [0, 0.1) is 6.92 Å². The molecule has 0 aliphatic carbocycles. The Morgan fingerprint density at radius 3 is 2.94 bits per heavy atom. The smallest absolute Gasteiger partial charge is 0.287 e. The van der Waals surface area contributed by atoms with E-state index in [1.54, 1.807) is 12.1 Å². The standard InChI is InChI=1S/C12H17NO3/c1-8-5-6-11(16-8)12(14)13-9(2)10-4-3-7-15-10/h5-6,9-10H,3-4,7H2,1-2H3,(H,13,14)/t9-,10-/m0/s1. The van der Waals surface area contributed by atoms with Crippen LogP contribution in [-0.2, 0) is 4.74 Å². The van der Waals surface area contributed by atoms with E-state index in [0.29, 0.717) is 5.76 Å². The van der Waals surface area contributed by atoms with Crippen LogP contribution in [0.4, 0.5) is 0 Å². The maximum atomic E-state index is 11.8. The van der Waals surface area contributed by atoms with Crippen LogP contribution in [0.2, 0.25) is 0 Å². The summed E-state index contributed by atoms with van der Waals surface area (Å²) in [5.41, 5.74) is 0. The van der Waals surface area contributed by atoms with Gasteiger partial charge in [-0.1, -0.05) is 0 Å². The highest BCUT2D eigenvalue weighted by atomic mass is 16.5. The zero-order chi connectivity index (χ0) is 11.5. The lowest BCUT2D eigenvalue weighted by Gasteiger charge is -2.19. The van der Waals surface area contributed by atoms with Crippen LogP contribution < -0.4 is 5.32 Å². The molecule has 0 aromatic carbocycles. The number of aryl methyl sites for hydroxylation is 1. The fourth-order valence-electron chi connectivity index (χ4n) is 1.92. The monoisotopic (exact) mass is 223 g/mol. The molecule has 0 bridgehead atoms. The Hall–Kier alpha value is -1.29. The van der Waals surface area contributed by atoms with Crippen LogP contribution >= 0.6 is 0 Å². The van der Waals surface area contributed by atoms with Crippen molar-refractivity contribution < 1.29 is 13.9 Å². The molecule has 1 aliphatic heterocycles. The number of ether oxygens (including phenoxy) is 1. The molecule has 0 spiro atoms. The van der Waals surface area contributed by atoms with Gasteiger partial charge < -0.3 is 14.5 Å². The largest absolute Gasteiger partial charge is 0.456 e. The Morgan fingerprint density at radius 1 is 1.56 bits per heavy atom. The average Bonchev–Trinajstić information content (AvgIpc) is 2.87. The molecule has 2 rings (SSSR count). The Morgan fingerprint density at radius 2 is 2.38 bits per heavy atom. The normalized spacial score (nSPS) is 22.0. The highest BCUT2D eigenvalue weighted by molar-refractivity contribution is 5.91.